The number of rotatable bonds is 3. The van der Waals surface area contributed by atoms with Gasteiger partial charge in [0.15, 0.2) is 0 Å². The Kier molecular flexibility index (Phi) is 3.87. The van der Waals surface area contributed by atoms with Crippen molar-refractivity contribution in [2.75, 3.05) is 0 Å². The summed E-state index contributed by atoms with van der Waals surface area (Å²) in [5, 5.41) is 0. The third kappa shape index (κ3) is 3.05. The van der Waals surface area contributed by atoms with Crippen LogP contribution in [0.4, 0.5) is 0 Å². The molecule has 0 aromatic heterocycles. The summed E-state index contributed by atoms with van der Waals surface area (Å²) in [5.74, 6) is 0.583. The Bertz CT molecular complexity index is 689. The molecular weight excluding hydrogens is 252 g/mol. The third-order valence-electron chi connectivity index (χ3n) is 3.90. The lowest BCUT2D eigenvalue weighted by Crippen LogP contribution is -1.86. The van der Waals surface area contributed by atoms with Gasteiger partial charge in [0, 0.05) is 0 Å². The van der Waals surface area contributed by atoms with Crippen LogP contribution in [0.1, 0.15) is 25.3 Å². The summed E-state index contributed by atoms with van der Waals surface area (Å²) < 4.78 is 0. The first-order chi connectivity index (χ1) is 10.2. The van der Waals surface area contributed by atoms with E-state index in [0.717, 1.165) is 0 Å². The fraction of sp³-hybridized carbons (Fsp3) is 0.143. The van der Waals surface area contributed by atoms with Gasteiger partial charge >= 0.3 is 0 Å². The second-order valence-corrected chi connectivity index (χ2v) is 5.72. The molecule has 0 saturated heterocycles. The smallest absolute Gasteiger partial charge is 0.0184 e. The molecule has 0 bridgehead atoms. The molecule has 0 heterocycles. The highest BCUT2D eigenvalue weighted by atomic mass is 14.1. The zero-order chi connectivity index (χ0) is 14.7. The van der Waals surface area contributed by atoms with E-state index in [9.17, 15) is 0 Å². The monoisotopic (exact) mass is 272 g/mol. The Morgan fingerprint density at radius 1 is 0.476 bits per heavy atom. The predicted octanol–water partition coefficient (Wildman–Crippen LogP) is 6.14. The van der Waals surface area contributed by atoms with E-state index in [4.69, 9.17) is 0 Å². The van der Waals surface area contributed by atoms with Crippen molar-refractivity contribution in [2.24, 2.45) is 0 Å². The second kappa shape index (κ2) is 5.97. The molecule has 0 nitrogen and oxygen atoms in total. The molecule has 0 radical (unpaired) electrons. The molecule has 0 aliphatic heterocycles. The molecule has 0 unspecified atom stereocenters. The zero-order valence-corrected chi connectivity index (χ0v) is 12.6. The lowest BCUT2D eigenvalue weighted by molar-refractivity contribution is 0.867. The van der Waals surface area contributed by atoms with Gasteiger partial charge in [-0.1, -0.05) is 92.7 Å². The average Bonchev–Trinajstić information content (AvgIpc) is 2.56. The molecule has 0 atom stereocenters. The van der Waals surface area contributed by atoms with Crippen molar-refractivity contribution < 1.29 is 0 Å². The van der Waals surface area contributed by atoms with E-state index in [1.54, 1.807) is 0 Å². The van der Waals surface area contributed by atoms with Gasteiger partial charge in [-0.3, -0.25) is 0 Å². The summed E-state index contributed by atoms with van der Waals surface area (Å²) in [4.78, 5) is 0. The van der Waals surface area contributed by atoms with Crippen molar-refractivity contribution in [1.82, 2.24) is 0 Å². The van der Waals surface area contributed by atoms with Gasteiger partial charge in [-0.05, 0) is 33.7 Å². The molecule has 3 rings (SSSR count). The molecule has 0 aliphatic carbocycles. The molecule has 0 fully saturated rings. The van der Waals surface area contributed by atoms with Crippen LogP contribution in [-0.2, 0) is 0 Å². The third-order valence-corrected chi connectivity index (χ3v) is 3.90. The normalized spacial score (nSPS) is 10.8. The second-order valence-electron chi connectivity index (χ2n) is 5.72. The first-order valence-electron chi connectivity index (χ1n) is 7.50. The van der Waals surface area contributed by atoms with Crippen molar-refractivity contribution in [2.45, 2.75) is 19.8 Å². The Morgan fingerprint density at radius 3 is 1.29 bits per heavy atom. The van der Waals surface area contributed by atoms with Crippen molar-refractivity contribution in [3.8, 4) is 22.3 Å². The molecular formula is C21H20. The van der Waals surface area contributed by atoms with E-state index >= 15 is 0 Å². The maximum Gasteiger partial charge on any atom is -0.0184 e. The lowest BCUT2D eigenvalue weighted by Gasteiger charge is -2.08. The van der Waals surface area contributed by atoms with Crippen LogP contribution in [-0.4, -0.2) is 0 Å². The maximum atomic E-state index is 2.23. The van der Waals surface area contributed by atoms with Crippen LogP contribution >= 0.6 is 0 Å². The minimum atomic E-state index is 0.583. The van der Waals surface area contributed by atoms with Gasteiger partial charge in [0.2, 0.25) is 0 Å². The van der Waals surface area contributed by atoms with Crippen LogP contribution in [0.2, 0.25) is 0 Å². The van der Waals surface area contributed by atoms with Crippen LogP contribution in [0.15, 0.2) is 78.9 Å². The largest absolute Gasteiger partial charge is 0.0622 e. The van der Waals surface area contributed by atoms with Crippen molar-refractivity contribution >= 4 is 0 Å². The molecule has 0 N–H and O–H groups in total. The summed E-state index contributed by atoms with van der Waals surface area (Å²) in [7, 11) is 0. The van der Waals surface area contributed by atoms with Crippen molar-refractivity contribution in [3.05, 3.63) is 84.4 Å². The van der Waals surface area contributed by atoms with Gasteiger partial charge in [-0.15, -0.1) is 0 Å². The van der Waals surface area contributed by atoms with Gasteiger partial charge in [-0.2, -0.15) is 0 Å². The Labute approximate surface area is 127 Å². The van der Waals surface area contributed by atoms with E-state index in [1.807, 2.05) is 6.07 Å². The molecule has 0 heteroatoms. The van der Waals surface area contributed by atoms with Gasteiger partial charge in [0.25, 0.3) is 0 Å². The predicted molar refractivity (Wildman–Crippen MR) is 91.4 cm³/mol. The number of hydrogen-bond donors (Lipinski definition) is 0. The fourth-order valence-electron chi connectivity index (χ4n) is 2.55. The molecule has 0 amide bonds. The lowest BCUT2D eigenvalue weighted by atomic mass is 9.97. The molecule has 3 aromatic carbocycles. The summed E-state index contributed by atoms with van der Waals surface area (Å²) in [6.07, 6.45) is 0. The summed E-state index contributed by atoms with van der Waals surface area (Å²) in [5.41, 5.74) is 6.46. The molecule has 21 heavy (non-hydrogen) atoms. The molecule has 0 spiro atoms. The number of benzene rings is 3. The molecule has 104 valence electrons. The highest BCUT2D eigenvalue weighted by Gasteiger charge is 2.02. The highest BCUT2D eigenvalue weighted by molar-refractivity contribution is 5.70. The molecule has 0 saturated carbocycles. The Balaban J connectivity index is 1.87. The van der Waals surface area contributed by atoms with E-state index in [0.29, 0.717) is 5.92 Å². The Morgan fingerprint density at radius 2 is 0.857 bits per heavy atom. The van der Waals surface area contributed by atoms with Crippen LogP contribution in [0.25, 0.3) is 22.3 Å². The fourth-order valence-corrected chi connectivity index (χ4v) is 2.55. The van der Waals surface area contributed by atoms with E-state index in [-0.39, 0.29) is 0 Å². The standard InChI is InChI=1S/C21H20/c1-16(2)17-8-10-20(11-9-17)21-14-12-19(13-15-21)18-6-4-3-5-7-18/h3-16H,1-2H3. The molecule has 0 aliphatic rings. The van der Waals surface area contributed by atoms with Crippen LogP contribution in [0.5, 0.6) is 0 Å². The number of hydrogen-bond acceptors (Lipinski definition) is 0. The average molecular weight is 272 g/mol. The minimum absolute atomic E-state index is 0.583. The van der Waals surface area contributed by atoms with Gasteiger partial charge < -0.3 is 0 Å². The first-order valence-corrected chi connectivity index (χ1v) is 7.50. The Hall–Kier alpha value is -2.34. The summed E-state index contributed by atoms with van der Waals surface area (Å²) in [6.45, 7) is 4.45. The summed E-state index contributed by atoms with van der Waals surface area (Å²) in [6, 6.07) is 28.2. The maximum absolute atomic E-state index is 2.23. The van der Waals surface area contributed by atoms with Crippen molar-refractivity contribution in [1.29, 1.82) is 0 Å². The molecule has 3 aromatic rings. The summed E-state index contributed by atoms with van der Waals surface area (Å²) >= 11 is 0. The minimum Gasteiger partial charge on any atom is -0.0622 e. The van der Waals surface area contributed by atoms with Crippen LogP contribution in [0, 0.1) is 0 Å². The van der Waals surface area contributed by atoms with E-state index in [2.05, 4.69) is 86.6 Å². The van der Waals surface area contributed by atoms with Crippen LogP contribution < -0.4 is 0 Å². The van der Waals surface area contributed by atoms with Crippen LogP contribution in [0.3, 0.4) is 0 Å². The highest BCUT2D eigenvalue weighted by Crippen LogP contribution is 2.26. The quantitative estimate of drug-likeness (QED) is 0.537. The van der Waals surface area contributed by atoms with E-state index < -0.39 is 0 Å². The first kappa shape index (κ1) is 13.6. The topological polar surface area (TPSA) is 0 Å². The van der Waals surface area contributed by atoms with Gasteiger partial charge in [0.05, 0.1) is 0 Å². The SMILES string of the molecule is CC(C)c1ccc(-c2ccc(-c3ccccc3)cc2)cc1. The van der Waals surface area contributed by atoms with Crippen molar-refractivity contribution in [3.63, 3.8) is 0 Å². The van der Waals surface area contributed by atoms with E-state index in [1.165, 1.54) is 27.8 Å². The van der Waals surface area contributed by atoms with Gasteiger partial charge in [0.1, 0.15) is 0 Å². The zero-order valence-electron chi connectivity index (χ0n) is 12.6. The van der Waals surface area contributed by atoms with Gasteiger partial charge in [-0.25, -0.2) is 0 Å².